The van der Waals surface area contributed by atoms with Crippen LogP contribution in [0.5, 0.6) is 5.75 Å². The van der Waals surface area contributed by atoms with E-state index in [4.69, 9.17) is 5.11 Å². The van der Waals surface area contributed by atoms with E-state index in [-0.39, 0.29) is 12.1 Å². The van der Waals surface area contributed by atoms with Crippen molar-refractivity contribution in [1.29, 1.82) is 0 Å². The van der Waals surface area contributed by atoms with E-state index >= 15 is 0 Å². The van der Waals surface area contributed by atoms with Crippen LogP contribution in [0.1, 0.15) is 10.4 Å². The lowest BCUT2D eigenvalue weighted by Gasteiger charge is -2.21. The topological polar surface area (TPSA) is 49.8 Å². The summed E-state index contributed by atoms with van der Waals surface area (Å²) >= 11 is 0. The molecule has 0 aliphatic carbocycles. The minimum absolute atomic E-state index is 0.0846. The Labute approximate surface area is 116 Å². The first-order valence-electron chi connectivity index (χ1n) is 5.77. The van der Waals surface area contributed by atoms with E-state index in [2.05, 4.69) is 4.74 Å². The number of aliphatic hydroxyl groups is 1. The van der Waals surface area contributed by atoms with Gasteiger partial charge in [-0.2, -0.15) is 0 Å². The second-order valence-corrected chi connectivity index (χ2v) is 3.94. The molecule has 4 nitrogen and oxygen atoms in total. The molecule has 0 aromatic heterocycles. The lowest BCUT2D eigenvalue weighted by molar-refractivity contribution is -0.274. The maximum atomic E-state index is 12.3. The van der Waals surface area contributed by atoms with Crippen molar-refractivity contribution in [3.05, 3.63) is 29.8 Å². The molecule has 1 aromatic carbocycles. The number of hydrogen-bond donors (Lipinski definition) is 1. The van der Waals surface area contributed by atoms with Crippen molar-refractivity contribution in [3.63, 3.8) is 0 Å². The molecular weight excluding hydrogens is 301 g/mol. The number of benzene rings is 1. The first kappa shape index (κ1) is 17.2. The summed E-state index contributed by atoms with van der Waals surface area (Å²) in [6.45, 7) is -1.68. The summed E-state index contributed by atoms with van der Waals surface area (Å²) in [5.74, 6) is -1.34. The first-order chi connectivity index (χ1) is 9.73. The van der Waals surface area contributed by atoms with E-state index in [0.717, 1.165) is 24.3 Å². The molecule has 1 rings (SSSR count). The van der Waals surface area contributed by atoms with Crippen LogP contribution in [0.3, 0.4) is 0 Å². The predicted molar refractivity (Wildman–Crippen MR) is 62.1 cm³/mol. The summed E-state index contributed by atoms with van der Waals surface area (Å²) in [6.07, 6.45) is -7.64. The lowest BCUT2D eigenvalue weighted by atomic mass is 10.2. The van der Waals surface area contributed by atoms with Gasteiger partial charge < -0.3 is 14.7 Å². The number of rotatable bonds is 6. The minimum Gasteiger partial charge on any atom is -0.406 e. The average Bonchev–Trinajstić information content (AvgIpc) is 2.36. The molecular formula is C12H12F5NO3. The molecule has 0 fully saturated rings. The zero-order valence-corrected chi connectivity index (χ0v) is 10.6. The van der Waals surface area contributed by atoms with E-state index in [1.54, 1.807) is 0 Å². The Bertz CT molecular complexity index is 461. The number of carbonyl (C=O) groups is 1. The van der Waals surface area contributed by atoms with Crippen molar-refractivity contribution in [1.82, 2.24) is 4.90 Å². The third-order valence-corrected chi connectivity index (χ3v) is 2.35. The van der Waals surface area contributed by atoms with Crippen LogP contribution in [0.25, 0.3) is 0 Å². The van der Waals surface area contributed by atoms with Gasteiger partial charge in [0.2, 0.25) is 0 Å². The van der Waals surface area contributed by atoms with E-state index in [1.165, 1.54) is 0 Å². The van der Waals surface area contributed by atoms with Crippen molar-refractivity contribution >= 4 is 5.91 Å². The molecule has 0 spiro atoms. The molecule has 0 saturated heterocycles. The van der Waals surface area contributed by atoms with Gasteiger partial charge in [-0.15, -0.1) is 13.2 Å². The van der Waals surface area contributed by atoms with E-state index in [0.29, 0.717) is 4.90 Å². The molecule has 9 heteroatoms. The Morgan fingerprint density at radius 1 is 1.24 bits per heavy atom. The van der Waals surface area contributed by atoms with Crippen molar-refractivity contribution in [2.24, 2.45) is 0 Å². The van der Waals surface area contributed by atoms with Crippen LogP contribution in [0, 0.1) is 0 Å². The smallest absolute Gasteiger partial charge is 0.406 e. The first-order valence-corrected chi connectivity index (χ1v) is 5.77. The molecule has 0 radical (unpaired) electrons. The fraction of sp³-hybridized carbons (Fsp3) is 0.417. The van der Waals surface area contributed by atoms with Crippen LogP contribution < -0.4 is 4.74 Å². The number of carbonyl (C=O) groups excluding carboxylic acids is 1. The van der Waals surface area contributed by atoms with Gasteiger partial charge in [0.25, 0.3) is 12.3 Å². The summed E-state index contributed by atoms with van der Waals surface area (Å²) in [5, 5.41) is 8.73. The highest BCUT2D eigenvalue weighted by atomic mass is 19.4. The third-order valence-electron chi connectivity index (χ3n) is 2.35. The van der Waals surface area contributed by atoms with Gasteiger partial charge in [0.05, 0.1) is 13.2 Å². The zero-order chi connectivity index (χ0) is 16.0. The number of alkyl halides is 5. The van der Waals surface area contributed by atoms with Crippen molar-refractivity contribution in [2.75, 3.05) is 19.7 Å². The number of hydrogen-bond acceptors (Lipinski definition) is 3. The second-order valence-electron chi connectivity index (χ2n) is 3.94. The molecule has 0 aliphatic heterocycles. The van der Waals surface area contributed by atoms with Crippen LogP contribution in [0.4, 0.5) is 22.0 Å². The van der Waals surface area contributed by atoms with Crippen LogP contribution >= 0.6 is 0 Å². The van der Waals surface area contributed by atoms with E-state index < -0.39 is 37.6 Å². The summed E-state index contributed by atoms with van der Waals surface area (Å²) in [5.41, 5.74) is -0.0846. The van der Waals surface area contributed by atoms with Crippen LogP contribution in [-0.2, 0) is 0 Å². The van der Waals surface area contributed by atoms with Crippen LogP contribution in [-0.4, -0.2) is 48.4 Å². The second kappa shape index (κ2) is 7.21. The quantitative estimate of drug-likeness (QED) is 0.820. The van der Waals surface area contributed by atoms with Crippen LogP contribution in [0.15, 0.2) is 24.3 Å². The van der Waals surface area contributed by atoms with Gasteiger partial charge >= 0.3 is 6.36 Å². The molecule has 1 N–H and O–H groups in total. The molecule has 1 aromatic rings. The van der Waals surface area contributed by atoms with E-state index in [9.17, 15) is 26.7 Å². The average molecular weight is 313 g/mol. The monoisotopic (exact) mass is 313 g/mol. The molecule has 0 aliphatic rings. The Morgan fingerprint density at radius 3 is 2.24 bits per heavy atom. The van der Waals surface area contributed by atoms with Gasteiger partial charge in [-0.1, -0.05) is 0 Å². The van der Waals surface area contributed by atoms with Crippen molar-refractivity contribution in [3.8, 4) is 5.75 Å². The number of ether oxygens (including phenoxy) is 1. The molecule has 21 heavy (non-hydrogen) atoms. The van der Waals surface area contributed by atoms with Gasteiger partial charge in [-0.3, -0.25) is 4.79 Å². The highest BCUT2D eigenvalue weighted by Gasteiger charge is 2.31. The largest absolute Gasteiger partial charge is 0.573 e. The zero-order valence-electron chi connectivity index (χ0n) is 10.6. The SMILES string of the molecule is O=C(c1ccc(OC(F)(F)F)cc1)N(CCO)CC(F)F. The number of amides is 1. The molecule has 1 amide bonds. The Morgan fingerprint density at radius 2 is 1.81 bits per heavy atom. The molecule has 0 unspecified atom stereocenters. The Hall–Kier alpha value is -1.90. The standard InChI is InChI=1S/C12H12F5NO3/c13-10(14)7-18(5-6-19)11(20)8-1-3-9(4-2-8)21-12(15,16)17/h1-4,10,19H,5-7H2. The molecule has 0 heterocycles. The van der Waals surface area contributed by atoms with Gasteiger partial charge in [-0.25, -0.2) is 8.78 Å². The van der Waals surface area contributed by atoms with Gasteiger partial charge in [0.15, 0.2) is 0 Å². The Balaban J connectivity index is 2.81. The van der Waals surface area contributed by atoms with Crippen LogP contribution in [0.2, 0.25) is 0 Å². The molecule has 0 saturated carbocycles. The maximum absolute atomic E-state index is 12.3. The summed E-state index contributed by atoms with van der Waals surface area (Å²) in [7, 11) is 0. The maximum Gasteiger partial charge on any atom is 0.573 e. The Kier molecular flexibility index (Phi) is 5.89. The molecule has 0 atom stereocenters. The number of aliphatic hydroxyl groups excluding tert-OH is 1. The highest BCUT2D eigenvalue weighted by Crippen LogP contribution is 2.23. The van der Waals surface area contributed by atoms with Gasteiger partial charge in [0.1, 0.15) is 5.75 Å². The fourth-order valence-electron chi connectivity index (χ4n) is 1.54. The van der Waals surface area contributed by atoms with Crippen molar-refractivity contribution < 1.29 is 36.6 Å². The predicted octanol–water partition coefficient (Wildman–Crippen LogP) is 2.28. The normalized spacial score (nSPS) is 11.6. The van der Waals surface area contributed by atoms with Crippen molar-refractivity contribution in [2.45, 2.75) is 12.8 Å². The van der Waals surface area contributed by atoms with Gasteiger partial charge in [-0.05, 0) is 24.3 Å². The molecule has 118 valence electrons. The minimum atomic E-state index is -4.86. The summed E-state index contributed by atoms with van der Waals surface area (Å²) in [4.78, 5) is 12.6. The number of nitrogens with zero attached hydrogens (tertiary/aromatic N) is 1. The highest BCUT2D eigenvalue weighted by molar-refractivity contribution is 5.94. The fourth-order valence-corrected chi connectivity index (χ4v) is 1.54. The lowest BCUT2D eigenvalue weighted by Crippen LogP contribution is -2.37. The molecule has 0 bridgehead atoms. The summed E-state index contributed by atoms with van der Waals surface area (Å²) < 4.78 is 64.1. The third kappa shape index (κ3) is 5.94. The van der Waals surface area contributed by atoms with E-state index in [1.807, 2.05) is 0 Å². The summed E-state index contributed by atoms with van der Waals surface area (Å²) in [6, 6.07) is 3.86. The van der Waals surface area contributed by atoms with Gasteiger partial charge in [0, 0.05) is 12.1 Å². The number of halogens is 5.